The lowest BCUT2D eigenvalue weighted by Crippen LogP contribution is -2.48. The molecule has 1 saturated heterocycles. The quantitative estimate of drug-likeness (QED) is 0.771. The van der Waals surface area contributed by atoms with Crippen molar-refractivity contribution in [2.24, 2.45) is 11.8 Å². The van der Waals surface area contributed by atoms with E-state index in [9.17, 15) is 4.79 Å². The summed E-state index contributed by atoms with van der Waals surface area (Å²) in [6.45, 7) is 7.48. The van der Waals surface area contributed by atoms with Crippen molar-refractivity contribution in [3.05, 3.63) is 0 Å². The molecule has 0 spiro atoms. The molecule has 0 aromatic heterocycles. The number of nitrogens with one attached hydrogen (secondary N) is 2. The van der Waals surface area contributed by atoms with Gasteiger partial charge in [0.25, 0.3) is 0 Å². The summed E-state index contributed by atoms with van der Waals surface area (Å²) in [5.41, 5.74) is -0.432. The number of amides is 1. The zero-order valence-electron chi connectivity index (χ0n) is 15.0. The molecular weight excluding hydrogens is 308 g/mol. The van der Waals surface area contributed by atoms with Gasteiger partial charge in [0.05, 0.1) is 0 Å². The van der Waals surface area contributed by atoms with Crippen LogP contribution >= 0.6 is 11.8 Å². The summed E-state index contributed by atoms with van der Waals surface area (Å²) < 4.78 is 5.37. The first kappa shape index (κ1) is 18.9. The average molecular weight is 343 g/mol. The Morgan fingerprint density at radius 3 is 2.57 bits per heavy atom. The van der Waals surface area contributed by atoms with Gasteiger partial charge in [0.1, 0.15) is 5.60 Å². The van der Waals surface area contributed by atoms with Crippen molar-refractivity contribution in [2.45, 2.75) is 70.9 Å². The lowest BCUT2D eigenvalue weighted by molar-refractivity contribution is 0.0515. The average Bonchev–Trinajstić information content (AvgIpc) is 3.00. The lowest BCUT2D eigenvalue weighted by Gasteiger charge is -2.32. The highest BCUT2D eigenvalue weighted by molar-refractivity contribution is 7.99. The number of hydrogen-bond donors (Lipinski definition) is 2. The maximum Gasteiger partial charge on any atom is 0.407 e. The number of alkyl carbamates (subject to hydrolysis) is 1. The predicted octanol–water partition coefficient (Wildman–Crippen LogP) is 3.80. The fourth-order valence-electron chi connectivity index (χ4n) is 3.51. The second-order valence-corrected chi connectivity index (χ2v) is 9.18. The van der Waals surface area contributed by atoms with Crippen LogP contribution in [0, 0.1) is 11.8 Å². The van der Waals surface area contributed by atoms with Crippen LogP contribution < -0.4 is 10.6 Å². The molecule has 0 aromatic carbocycles. The van der Waals surface area contributed by atoms with Gasteiger partial charge in [-0.1, -0.05) is 19.3 Å². The topological polar surface area (TPSA) is 50.4 Å². The zero-order valence-corrected chi connectivity index (χ0v) is 15.8. The molecule has 0 bridgehead atoms. The Bertz CT molecular complexity index is 359. The van der Waals surface area contributed by atoms with E-state index < -0.39 is 5.60 Å². The van der Waals surface area contributed by atoms with Crippen molar-refractivity contribution in [1.29, 1.82) is 0 Å². The second kappa shape index (κ2) is 9.16. The standard InChI is InChI=1S/C18H34N2O2S/c1-18(2,3)22-17(21)20-12-16(15-7-5-4-6-8-15)19-11-14-9-10-23-13-14/h14-16,19H,4-13H2,1-3H3,(H,20,21). The molecule has 2 rings (SSSR count). The van der Waals surface area contributed by atoms with Crippen LogP contribution in [0.25, 0.3) is 0 Å². The van der Waals surface area contributed by atoms with E-state index in [-0.39, 0.29) is 6.09 Å². The number of carbonyl (C=O) groups excluding carboxylic acids is 1. The van der Waals surface area contributed by atoms with E-state index in [1.807, 2.05) is 20.8 Å². The summed E-state index contributed by atoms with van der Waals surface area (Å²) in [7, 11) is 0. The van der Waals surface area contributed by atoms with Gasteiger partial charge in [-0.25, -0.2) is 4.79 Å². The van der Waals surface area contributed by atoms with Crippen molar-refractivity contribution in [3.63, 3.8) is 0 Å². The molecule has 5 heteroatoms. The Labute approximate surface area is 145 Å². The van der Waals surface area contributed by atoms with E-state index in [0.717, 1.165) is 12.5 Å². The van der Waals surface area contributed by atoms with Crippen molar-refractivity contribution < 1.29 is 9.53 Å². The van der Waals surface area contributed by atoms with Crippen LogP contribution in [0.4, 0.5) is 4.79 Å². The Morgan fingerprint density at radius 1 is 1.22 bits per heavy atom. The molecule has 2 fully saturated rings. The molecule has 1 amide bonds. The molecule has 2 aliphatic rings. The molecule has 23 heavy (non-hydrogen) atoms. The number of ether oxygens (including phenoxy) is 1. The molecule has 1 heterocycles. The lowest BCUT2D eigenvalue weighted by atomic mass is 9.83. The van der Waals surface area contributed by atoms with Crippen molar-refractivity contribution >= 4 is 17.9 Å². The van der Waals surface area contributed by atoms with E-state index in [2.05, 4.69) is 22.4 Å². The first-order valence-electron chi connectivity index (χ1n) is 9.22. The van der Waals surface area contributed by atoms with Crippen LogP contribution in [0.15, 0.2) is 0 Å². The van der Waals surface area contributed by atoms with Crippen LogP contribution in [0.1, 0.15) is 59.3 Å². The maximum absolute atomic E-state index is 11.9. The second-order valence-electron chi connectivity index (χ2n) is 8.03. The van der Waals surface area contributed by atoms with E-state index in [4.69, 9.17) is 4.74 Å². The smallest absolute Gasteiger partial charge is 0.407 e. The minimum Gasteiger partial charge on any atom is -0.444 e. The van der Waals surface area contributed by atoms with E-state index in [0.29, 0.717) is 18.5 Å². The van der Waals surface area contributed by atoms with E-state index in [1.54, 1.807) is 0 Å². The molecule has 1 saturated carbocycles. The summed E-state index contributed by atoms with van der Waals surface area (Å²) in [6, 6.07) is 0.383. The third-order valence-corrected chi connectivity index (χ3v) is 6.01. The van der Waals surface area contributed by atoms with Crippen LogP contribution in [-0.4, -0.2) is 42.3 Å². The van der Waals surface area contributed by atoms with Crippen molar-refractivity contribution in [2.75, 3.05) is 24.6 Å². The largest absolute Gasteiger partial charge is 0.444 e. The summed E-state index contributed by atoms with van der Waals surface area (Å²) in [5, 5.41) is 6.75. The van der Waals surface area contributed by atoms with E-state index >= 15 is 0 Å². The summed E-state index contributed by atoms with van der Waals surface area (Å²) in [6.07, 6.45) is 7.62. The molecule has 0 aromatic rings. The van der Waals surface area contributed by atoms with Crippen LogP contribution in [-0.2, 0) is 4.74 Å². The van der Waals surface area contributed by atoms with Gasteiger partial charge < -0.3 is 15.4 Å². The Kier molecular flexibility index (Phi) is 7.54. The minimum absolute atomic E-state index is 0.295. The fraction of sp³-hybridized carbons (Fsp3) is 0.944. The molecule has 2 unspecified atom stereocenters. The monoisotopic (exact) mass is 342 g/mol. The maximum atomic E-state index is 11.9. The summed E-state index contributed by atoms with van der Waals surface area (Å²) >= 11 is 2.06. The summed E-state index contributed by atoms with van der Waals surface area (Å²) in [5.74, 6) is 4.07. The number of carbonyl (C=O) groups is 1. The van der Waals surface area contributed by atoms with Gasteiger partial charge in [0, 0.05) is 12.6 Å². The van der Waals surface area contributed by atoms with Gasteiger partial charge in [0.15, 0.2) is 0 Å². The first-order chi connectivity index (χ1) is 10.9. The van der Waals surface area contributed by atoms with Crippen LogP contribution in [0.5, 0.6) is 0 Å². The van der Waals surface area contributed by atoms with E-state index in [1.165, 1.54) is 50.0 Å². The molecule has 1 aliphatic carbocycles. The highest BCUT2D eigenvalue weighted by Gasteiger charge is 2.26. The third kappa shape index (κ3) is 7.34. The zero-order chi connectivity index (χ0) is 16.7. The molecule has 4 nitrogen and oxygen atoms in total. The predicted molar refractivity (Wildman–Crippen MR) is 98.0 cm³/mol. The van der Waals surface area contributed by atoms with Gasteiger partial charge in [-0.3, -0.25) is 0 Å². The van der Waals surface area contributed by atoms with Crippen LogP contribution in [0.2, 0.25) is 0 Å². The van der Waals surface area contributed by atoms with Gasteiger partial charge in [-0.2, -0.15) is 11.8 Å². The SMILES string of the molecule is CC(C)(C)OC(=O)NCC(NCC1CCSC1)C1CCCCC1. The van der Waals surface area contributed by atoms with Crippen molar-refractivity contribution in [3.8, 4) is 0 Å². The van der Waals surface area contributed by atoms with Crippen LogP contribution in [0.3, 0.4) is 0 Å². The van der Waals surface area contributed by atoms with Crippen molar-refractivity contribution in [1.82, 2.24) is 10.6 Å². The third-order valence-electron chi connectivity index (χ3n) is 4.78. The molecule has 134 valence electrons. The normalized spacial score (nSPS) is 24.4. The highest BCUT2D eigenvalue weighted by atomic mass is 32.2. The summed E-state index contributed by atoms with van der Waals surface area (Å²) in [4.78, 5) is 11.9. The van der Waals surface area contributed by atoms with Gasteiger partial charge in [-0.15, -0.1) is 0 Å². The highest BCUT2D eigenvalue weighted by Crippen LogP contribution is 2.27. The number of thioether (sulfide) groups is 1. The molecular formula is C18H34N2O2S. The Morgan fingerprint density at radius 2 is 1.96 bits per heavy atom. The Balaban J connectivity index is 1.80. The Hall–Kier alpha value is -0.420. The number of hydrogen-bond acceptors (Lipinski definition) is 4. The van der Waals surface area contributed by atoms with Gasteiger partial charge >= 0.3 is 6.09 Å². The first-order valence-corrected chi connectivity index (χ1v) is 10.4. The molecule has 1 aliphatic heterocycles. The minimum atomic E-state index is -0.432. The van der Waals surface area contributed by atoms with Gasteiger partial charge in [0.2, 0.25) is 0 Å². The fourth-order valence-corrected chi connectivity index (χ4v) is 4.80. The molecule has 2 atom stereocenters. The molecule has 0 radical (unpaired) electrons. The van der Waals surface area contributed by atoms with Gasteiger partial charge in [-0.05, 0) is 69.9 Å². The molecule has 2 N–H and O–H groups in total. The number of rotatable bonds is 6.